The van der Waals surface area contributed by atoms with E-state index in [-0.39, 0.29) is 5.91 Å². The van der Waals surface area contributed by atoms with Crippen molar-refractivity contribution in [3.63, 3.8) is 0 Å². The number of hydrogen-bond donors (Lipinski definition) is 0. The van der Waals surface area contributed by atoms with Crippen molar-refractivity contribution in [3.05, 3.63) is 70.9 Å². The molecular weight excluding hydrogens is 368 g/mol. The largest absolute Gasteiger partial charge is 0.340 e. The first-order valence-corrected chi connectivity index (χ1v) is 10.4. The Hall–Kier alpha value is -2.57. The van der Waals surface area contributed by atoms with Crippen LogP contribution in [0.5, 0.6) is 0 Å². The first-order valence-electron chi connectivity index (χ1n) is 9.61. The Labute approximate surface area is 169 Å². The van der Waals surface area contributed by atoms with Gasteiger partial charge in [-0.25, -0.2) is 4.98 Å². The van der Waals surface area contributed by atoms with E-state index in [4.69, 9.17) is 0 Å². The summed E-state index contributed by atoms with van der Waals surface area (Å²) < 4.78 is 0. The first-order chi connectivity index (χ1) is 13.7. The second-order valence-electron chi connectivity index (χ2n) is 7.06. The van der Waals surface area contributed by atoms with Gasteiger partial charge in [-0.15, -0.1) is 11.3 Å². The Kier molecular flexibility index (Phi) is 5.78. The van der Waals surface area contributed by atoms with Crippen molar-refractivity contribution < 1.29 is 4.79 Å². The molecule has 3 aromatic rings. The Bertz CT molecular complexity index is 918. The molecule has 0 saturated carbocycles. The third kappa shape index (κ3) is 4.46. The molecule has 28 heavy (non-hydrogen) atoms. The summed E-state index contributed by atoms with van der Waals surface area (Å²) in [4.78, 5) is 27.2. The molecule has 1 fully saturated rings. The van der Waals surface area contributed by atoms with Gasteiger partial charge in [0.05, 0.1) is 17.8 Å². The molecule has 0 aliphatic carbocycles. The van der Waals surface area contributed by atoms with Crippen LogP contribution in [0.3, 0.4) is 0 Å². The highest BCUT2D eigenvalue weighted by Crippen LogP contribution is 2.27. The lowest BCUT2D eigenvalue weighted by Gasteiger charge is -2.34. The molecule has 3 heterocycles. The fraction of sp³-hybridized carbons (Fsp3) is 0.318. The van der Waals surface area contributed by atoms with Gasteiger partial charge in [0.2, 0.25) is 5.91 Å². The molecule has 0 radical (unpaired) electrons. The van der Waals surface area contributed by atoms with Gasteiger partial charge in [-0.05, 0) is 24.6 Å². The van der Waals surface area contributed by atoms with Crippen LogP contribution < -0.4 is 0 Å². The summed E-state index contributed by atoms with van der Waals surface area (Å²) in [6.45, 7) is 6.34. The number of amides is 1. The average molecular weight is 393 g/mol. The summed E-state index contributed by atoms with van der Waals surface area (Å²) >= 11 is 1.58. The molecule has 6 heteroatoms. The number of rotatable bonds is 5. The van der Waals surface area contributed by atoms with Crippen molar-refractivity contribution in [2.24, 2.45) is 0 Å². The fourth-order valence-electron chi connectivity index (χ4n) is 3.44. The molecule has 2 aromatic heterocycles. The fourth-order valence-corrected chi connectivity index (χ4v) is 4.47. The van der Waals surface area contributed by atoms with E-state index in [9.17, 15) is 4.79 Å². The average Bonchev–Trinajstić information content (AvgIpc) is 3.10. The molecule has 5 nitrogen and oxygen atoms in total. The van der Waals surface area contributed by atoms with Gasteiger partial charge >= 0.3 is 0 Å². The standard InChI is InChI=1S/C22H24N4OS/c1-17-20(28-22(24-17)19-9-5-6-10-23-19)15-21(27)26-13-11-25(12-14-26)16-18-7-3-2-4-8-18/h2-10H,11-16H2,1H3. The van der Waals surface area contributed by atoms with Gasteiger partial charge in [0.25, 0.3) is 0 Å². The van der Waals surface area contributed by atoms with E-state index in [0.717, 1.165) is 54.0 Å². The zero-order valence-electron chi connectivity index (χ0n) is 16.0. The van der Waals surface area contributed by atoms with E-state index in [2.05, 4.69) is 39.1 Å². The van der Waals surface area contributed by atoms with E-state index >= 15 is 0 Å². The second kappa shape index (κ2) is 8.63. The highest BCUT2D eigenvalue weighted by atomic mass is 32.1. The Morgan fingerprint density at radius 1 is 1.04 bits per heavy atom. The van der Waals surface area contributed by atoms with Crippen LogP contribution in [0.1, 0.15) is 16.1 Å². The minimum Gasteiger partial charge on any atom is -0.340 e. The molecule has 0 spiro atoms. The first kappa shape index (κ1) is 18.8. The number of carbonyl (C=O) groups is 1. The van der Waals surface area contributed by atoms with Crippen LogP contribution in [0.4, 0.5) is 0 Å². The van der Waals surface area contributed by atoms with Gasteiger partial charge in [0.1, 0.15) is 5.01 Å². The van der Waals surface area contributed by atoms with Gasteiger partial charge < -0.3 is 4.90 Å². The predicted octanol–water partition coefficient (Wildman–Crippen LogP) is 3.40. The Morgan fingerprint density at radius 3 is 2.50 bits per heavy atom. The highest BCUT2D eigenvalue weighted by molar-refractivity contribution is 7.15. The van der Waals surface area contributed by atoms with Gasteiger partial charge in [0.15, 0.2) is 0 Å². The molecule has 1 aromatic carbocycles. The molecule has 0 N–H and O–H groups in total. The number of carbonyl (C=O) groups excluding carboxylic acids is 1. The van der Waals surface area contributed by atoms with E-state index in [1.54, 1.807) is 17.5 Å². The van der Waals surface area contributed by atoms with Gasteiger partial charge in [0, 0.05) is 43.8 Å². The van der Waals surface area contributed by atoms with Crippen LogP contribution in [0.15, 0.2) is 54.7 Å². The molecule has 0 atom stereocenters. The maximum absolute atomic E-state index is 12.8. The molecule has 144 valence electrons. The molecule has 1 saturated heterocycles. The van der Waals surface area contributed by atoms with Crippen LogP contribution in [-0.4, -0.2) is 51.9 Å². The molecule has 0 bridgehead atoms. The quantitative estimate of drug-likeness (QED) is 0.668. The number of thiazole rings is 1. The van der Waals surface area contributed by atoms with Gasteiger partial charge in [-0.3, -0.25) is 14.7 Å². The number of nitrogens with zero attached hydrogens (tertiary/aromatic N) is 4. The summed E-state index contributed by atoms with van der Waals surface area (Å²) in [6.07, 6.45) is 2.20. The van der Waals surface area contributed by atoms with Crippen LogP contribution in [0.25, 0.3) is 10.7 Å². The van der Waals surface area contributed by atoms with Crippen LogP contribution in [0, 0.1) is 6.92 Å². The van der Waals surface area contributed by atoms with Crippen molar-refractivity contribution in [1.82, 2.24) is 19.8 Å². The number of hydrogen-bond acceptors (Lipinski definition) is 5. The number of benzene rings is 1. The molecule has 4 rings (SSSR count). The van der Waals surface area contributed by atoms with Crippen LogP contribution in [-0.2, 0) is 17.8 Å². The lowest BCUT2D eigenvalue weighted by molar-refractivity contribution is -0.132. The molecule has 0 unspecified atom stereocenters. The zero-order chi connectivity index (χ0) is 19.3. The van der Waals surface area contributed by atoms with Crippen molar-refractivity contribution >= 4 is 17.2 Å². The summed E-state index contributed by atoms with van der Waals surface area (Å²) in [6, 6.07) is 16.3. The number of aromatic nitrogens is 2. The number of piperazine rings is 1. The van der Waals surface area contributed by atoms with E-state index in [1.807, 2.05) is 36.1 Å². The van der Waals surface area contributed by atoms with Crippen LogP contribution >= 0.6 is 11.3 Å². The third-order valence-corrected chi connectivity index (χ3v) is 6.24. The predicted molar refractivity (Wildman–Crippen MR) is 112 cm³/mol. The van der Waals surface area contributed by atoms with Crippen molar-refractivity contribution in [2.75, 3.05) is 26.2 Å². The zero-order valence-corrected chi connectivity index (χ0v) is 16.9. The maximum atomic E-state index is 12.8. The van der Waals surface area contributed by atoms with Crippen molar-refractivity contribution in [1.29, 1.82) is 0 Å². The molecule has 1 aliphatic rings. The Balaban J connectivity index is 1.33. The Morgan fingerprint density at radius 2 is 1.79 bits per heavy atom. The minimum atomic E-state index is 0.193. The summed E-state index contributed by atoms with van der Waals surface area (Å²) in [5, 5.41) is 0.883. The topological polar surface area (TPSA) is 49.3 Å². The highest BCUT2D eigenvalue weighted by Gasteiger charge is 2.23. The number of aryl methyl sites for hydroxylation is 1. The van der Waals surface area contributed by atoms with E-state index in [0.29, 0.717) is 6.42 Å². The summed E-state index contributed by atoms with van der Waals surface area (Å²) in [5.74, 6) is 0.193. The van der Waals surface area contributed by atoms with Crippen molar-refractivity contribution in [2.45, 2.75) is 19.9 Å². The van der Waals surface area contributed by atoms with Crippen LogP contribution in [0.2, 0.25) is 0 Å². The van der Waals surface area contributed by atoms with Crippen molar-refractivity contribution in [3.8, 4) is 10.7 Å². The maximum Gasteiger partial charge on any atom is 0.227 e. The second-order valence-corrected chi connectivity index (χ2v) is 8.15. The summed E-state index contributed by atoms with van der Waals surface area (Å²) in [5.41, 5.74) is 3.12. The minimum absolute atomic E-state index is 0.193. The third-order valence-electron chi connectivity index (χ3n) is 5.06. The van der Waals surface area contributed by atoms with E-state index in [1.165, 1.54) is 5.56 Å². The lowest BCUT2D eigenvalue weighted by Crippen LogP contribution is -2.48. The summed E-state index contributed by atoms with van der Waals surface area (Å²) in [7, 11) is 0. The molecule has 1 aliphatic heterocycles. The number of pyridine rings is 1. The van der Waals surface area contributed by atoms with Gasteiger partial charge in [-0.2, -0.15) is 0 Å². The molecular formula is C22H24N4OS. The monoisotopic (exact) mass is 392 g/mol. The van der Waals surface area contributed by atoms with Gasteiger partial charge in [-0.1, -0.05) is 36.4 Å². The SMILES string of the molecule is Cc1nc(-c2ccccn2)sc1CC(=O)N1CCN(Cc2ccccc2)CC1. The normalized spacial score (nSPS) is 15.0. The lowest BCUT2D eigenvalue weighted by atomic mass is 10.2. The molecule has 1 amide bonds. The smallest absolute Gasteiger partial charge is 0.227 e. The van der Waals surface area contributed by atoms with E-state index < -0.39 is 0 Å².